The summed E-state index contributed by atoms with van der Waals surface area (Å²) in [5.74, 6) is 0. The molecule has 156 valence electrons. The third-order valence-electron chi connectivity index (χ3n) is 5.88. The van der Waals surface area contributed by atoms with Gasteiger partial charge in [0.1, 0.15) is 23.8 Å². The largest absolute Gasteiger partial charge is 0.340 e. The Morgan fingerprint density at radius 2 is 1.39 bits per heavy atom. The zero-order valence-corrected chi connectivity index (χ0v) is 18.2. The smallest absolute Gasteiger partial charge is 0.148 e. The fourth-order valence-electron chi connectivity index (χ4n) is 4.26. The maximum absolute atomic E-state index is 9.52. The van der Waals surface area contributed by atoms with Gasteiger partial charge in [0.25, 0.3) is 0 Å². The van der Waals surface area contributed by atoms with E-state index in [1.165, 1.54) is 50.5 Å². The van der Waals surface area contributed by atoms with Crippen molar-refractivity contribution in [2.45, 2.75) is 64.8 Å². The lowest BCUT2D eigenvalue weighted by Gasteiger charge is -2.08. The summed E-state index contributed by atoms with van der Waals surface area (Å²) in [4.78, 5) is 0. The van der Waals surface area contributed by atoms with Gasteiger partial charge in [-0.05, 0) is 30.2 Å². The summed E-state index contributed by atoms with van der Waals surface area (Å²) in [7, 11) is 0. The van der Waals surface area contributed by atoms with Crippen molar-refractivity contribution in [3.63, 3.8) is 0 Å². The molecule has 3 aromatic rings. The Kier molecular flexibility index (Phi) is 7.86. The van der Waals surface area contributed by atoms with Crippen LogP contribution >= 0.6 is 0 Å². The third-order valence-corrected chi connectivity index (χ3v) is 5.88. The number of allylic oxidation sites excluding steroid dienone is 2. The number of fused-ring (bicyclic) bond motifs is 3. The Morgan fingerprint density at radius 3 is 2.06 bits per heavy atom. The molecule has 0 N–H and O–H groups in total. The topological polar surface area (TPSA) is 76.3 Å². The van der Waals surface area contributed by atoms with Crippen molar-refractivity contribution in [3.05, 3.63) is 53.6 Å². The average Bonchev–Trinajstić information content (AvgIpc) is 3.12. The standard InChI is InChI=1S/C27H28N4/c1-2-3-4-5-6-7-8-11-16-31-26-13-10-9-12-23(26)24-17-21(14-15-27(24)31)25(20-30)22(18-28)19-29/h9-10,12-15,17H,2-8,11,16H2,1H3. The van der Waals surface area contributed by atoms with Crippen LogP contribution in [0.4, 0.5) is 0 Å². The predicted molar refractivity (Wildman–Crippen MR) is 126 cm³/mol. The molecular weight excluding hydrogens is 380 g/mol. The van der Waals surface area contributed by atoms with Crippen molar-refractivity contribution in [1.82, 2.24) is 4.57 Å². The summed E-state index contributed by atoms with van der Waals surface area (Å²) in [6.45, 7) is 3.21. The summed E-state index contributed by atoms with van der Waals surface area (Å²) in [6.07, 6.45) is 10.3. The van der Waals surface area contributed by atoms with E-state index in [4.69, 9.17) is 0 Å². The number of unbranched alkanes of at least 4 members (excludes halogenated alkanes) is 7. The predicted octanol–water partition coefficient (Wildman–Crippen LogP) is 7.26. The van der Waals surface area contributed by atoms with Crippen LogP contribution in [0.1, 0.15) is 63.9 Å². The zero-order chi connectivity index (χ0) is 22.1. The van der Waals surface area contributed by atoms with Crippen molar-refractivity contribution in [3.8, 4) is 18.2 Å². The molecule has 4 nitrogen and oxygen atoms in total. The third kappa shape index (κ3) is 4.96. The van der Waals surface area contributed by atoms with Gasteiger partial charge in [0.2, 0.25) is 0 Å². The van der Waals surface area contributed by atoms with Crippen molar-refractivity contribution >= 4 is 27.4 Å². The fourth-order valence-corrected chi connectivity index (χ4v) is 4.26. The first kappa shape index (κ1) is 22.1. The second-order valence-corrected chi connectivity index (χ2v) is 7.96. The lowest BCUT2D eigenvalue weighted by Crippen LogP contribution is -1.98. The zero-order valence-electron chi connectivity index (χ0n) is 18.2. The molecule has 0 unspecified atom stereocenters. The van der Waals surface area contributed by atoms with Crippen LogP contribution in [-0.2, 0) is 6.54 Å². The number of hydrogen-bond acceptors (Lipinski definition) is 3. The molecule has 3 rings (SSSR count). The molecule has 1 heterocycles. The summed E-state index contributed by atoms with van der Waals surface area (Å²) >= 11 is 0. The molecule has 0 amide bonds. The maximum Gasteiger partial charge on any atom is 0.148 e. The number of aromatic nitrogens is 1. The van der Waals surface area contributed by atoms with Crippen LogP contribution in [0.5, 0.6) is 0 Å². The molecule has 0 spiro atoms. The molecule has 0 radical (unpaired) electrons. The lowest BCUT2D eigenvalue weighted by molar-refractivity contribution is 0.553. The second kappa shape index (κ2) is 11.0. The van der Waals surface area contributed by atoms with E-state index in [1.54, 1.807) is 0 Å². The Morgan fingerprint density at radius 1 is 0.742 bits per heavy atom. The van der Waals surface area contributed by atoms with Gasteiger partial charge in [-0.1, -0.05) is 76.1 Å². The Balaban J connectivity index is 1.86. The molecule has 0 aliphatic rings. The highest BCUT2D eigenvalue weighted by Gasteiger charge is 2.14. The number of aryl methyl sites for hydroxylation is 1. The van der Waals surface area contributed by atoms with Crippen LogP contribution in [0.15, 0.2) is 48.0 Å². The second-order valence-electron chi connectivity index (χ2n) is 7.96. The van der Waals surface area contributed by atoms with Gasteiger partial charge >= 0.3 is 0 Å². The van der Waals surface area contributed by atoms with E-state index in [0.29, 0.717) is 5.56 Å². The highest BCUT2D eigenvalue weighted by molar-refractivity contribution is 6.09. The first-order chi connectivity index (χ1) is 15.2. The summed E-state index contributed by atoms with van der Waals surface area (Å²) < 4.78 is 2.36. The SMILES string of the molecule is CCCCCCCCCCn1c2ccccc2c2cc(C(C#N)=C(C#N)C#N)ccc21. The molecule has 2 aromatic carbocycles. The van der Waals surface area contributed by atoms with Crippen LogP contribution in [0, 0.1) is 34.0 Å². The van der Waals surface area contributed by atoms with Crippen LogP contribution in [0.25, 0.3) is 27.4 Å². The van der Waals surface area contributed by atoms with Gasteiger partial charge in [0.05, 0.1) is 5.57 Å². The molecule has 0 aliphatic heterocycles. The molecule has 0 saturated heterocycles. The van der Waals surface area contributed by atoms with Crippen LogP contribution in [0.3, 0.4) is 0 Å². The highest BCUT2D eigenvalue weighted by Crippen LogP contribution is 2.32. The molecule has 4 heteroatoms. The van der Waals surface area contributed by atoms with Crippen molar-refractivity contribution in [2.75, 3.05) is 0 Å². The average molecular weight is 409 g/mol. The molecule has 0 fully saturated rings. The Bertz CT molecular complexity index is 1190. The maximum atomic E-state index is 9.52. The summed E-state index contributed by atoms with van der Waals surface area (Å²) in [6, 6.07) is 19.8. The summed E-state index contributed by atoms with van der Waals surface area (Å²) in [5, 5.41) is 30.1. The summed E-state index contributed by atoms with van der Waals surface area (Å²) in [5.41, 5.74) is 2.90. The molecule has 31 heavy (non-hydrogen) atoms. The number of benzene rings is 2. The van der Waals surface area contributed by atoms with Crippen molar-refractivity contribution in [2.24, 2.45) is 0 Å². The fraction of sp³-hybridized carbons (Fsp3) is 0.370. The molecule has 1 aromatic heterocycles. The first-order valence-electron chi connectivity index (χ1n) is 11.2. The first-order valence-corrected chi connectivity index (χ1v) is 11.2. The molecular formula is C27H28N4. The normalized spacial score (nSPS) is 10.5. The van der Waals surface area contributed by atoms with Gasteiger partial charge in [-0.2, -0.15) is 15.8 Å². The Hall–Kier alpha value is -3.55. The van der Waals surface area contributed by atoms with E-state index in [-0.39, 0.29) is 11.1 Å². The van der Waals surface area contributed by atoms with Crippen molar-refractivity contribution in [1.29, 1.82) is 15.8 Å². The van der Waals surface area contributed by atoms with E-state index < -0.39 is 0 Å². The van der Waals surface area contributed by atoms with E-state index in [2.05, 4.69) is 29.7 Å². The lowest BCUT2D eigenvalue weighted by atomic mass is 10.00. The van der Waals surface area contributed by atoms with E-state index >= 15 is 0 Å². The molecule has 0 atom stereocenters. The number of para-hydroxylation sites is 1. The number of hydrogen-bond donors (Lipinski definition) is 0. The van der Waals surface area contributed by atoms with E-state index in [9.17, 15) is 15.8 Å². The van der Waals surface area contributed by atoms with Gasteiger partial charge in [-0.25, -0.2) is 0 Å². The minimum atomic E-state index is -0.149. The van der Waals surface area contributed by atoms with Crippen molar-refractivity contribution < 1.29 is 0 Å². The van der Waals surface area contributed by atoms with E-state index in [1.807, 2.05) is 42.5 Å². The minimum Gasteiger partial charge on any atom is -0.340 e. The van der Waals surface area contributed by atoms with Gasteiger partial charge in [0.15, 0.2) is 0 Å². The number of nitriles is 3. The van der Waals surface area contributed by atoms with Gasteiger partial charge in [0, 0.05) is 28.4 Å². The van der Waals surface area contributed by atoms with Crippen LogP contribution in [-0.4, -0.2) is 4.57 Å². The highest BCUT2D eigenvalue weighted by atomic mass is 15.0. The van der Waals surface area contributed by atoms with E-state index in [0.717, 1.165) is 29.3 Å². The number of rotatable bonds is 10. The minimum absolute atomic E-state index is 0.131. The van der Waals surface area contributed by atoms with Gasteiger partial charge in [-0.15, -0.1) is 0 Å². The monoisotopic (exact) mass is 408 g/mol. The molecule has 0 bridgehead atoms. The van der Waals surface area contributed by atoms with Crippen LogP contribution in [0.2, 0.25) is 0 Å². The Labute approximate surface area is 184 Å². The molecule has 0 saturated carbocycles. The molecule has 0 aliphatic carbocycles. The number of nitrogens with zero attached hydrogens (tertiary/aromatic N) is 4. The van der Waals surface area contributed by atoms with Crippen LogP contribution < -0.4 is 0 Å². The van der Waals surface area contributed by atoms with Gasteiger partial charge < -0.3 is 4.57 Å². The van der Waals surface area contributed by atoms with Gasteiger partial charge in [-0.3, -0.25) is 0 Å². The quantitative estimate of drug-likeness (QED) is 0.262.